The molecule has 0 amide bonds. The van der Waals surface area contributed by atoms with Gasteiger partial charge in [-0.25, -0.2) is 0 Å². The van der Waals surface area contributed by atoms with Gasteiger partial charge in [-0.05, 0) is 13.1 Å². The highest BCUT2D eigenvalue weighted by Crippen LogP contribution is 1.99. The number of nitrogens with two attached hydrogens (primary N) is 1. The summed E-state index contributed by atoms with van der Waals surface area (Å²) in [7, 11) is 4.04. The van der Waals surface area contributed by atoms with Crippen LogP contribution in [0.5, 0.6) is 0 Å². The molecule has 4 nitrogen and oxygen atoms in total. The first-order valence-electron chi connectivity index (χ1n) is 5.03. The van der Waals surface area contributed by atoms with Crippen LogP contribution in [0.1, 0.15) is 12.1 Å². The monoisotopic (exact) mass is 226 g/mol. The lowest BCUT2D eigenvalue weighted by atomic mass is 10.3. The van der Waals surface area contributed by atoms with Crippen LogP contribution in [0.4, 0.5) is 0 Å². The van der Waals surface area contributed by atoms with E-state index in [1.165, 1.54) is 5.69 Å². The van der Waals surface area contributed by atoms with E-state index in [1.807, 2.05) is 24.0 Å². The van der Waals surface area contributed by atoms with Crippen LogP contribution in [0, 0.1) is 0 Å². The first-order valence-corrected chi connectivity index (χ1v) is 5.44. The van der Waals surface area contributed by atoms with Crippen LogP contribution in [-0.2, 0) is 13.5 Å². The number of rotatable bonds is 6. The molecule has 1 aromatic heterocycles. The third-order valence-electron chi connectivity index (χ3n) is 2.41. The van der Waals surface area contributed by atoms with E-state index < -0.39 is 0 Å². The smallest absolute Gasteiger partial charge is 0.0740 e. The second-order valence-corrected chi connectivity index (χ2v) is 4.24. The van der Waals surface area contributed by atoms with E-state index in [0.29, 0.717) is 4.99 Å². The van der Waals surface area contributed by atoms with Crippen LogP contribution in [0.25, 0.3) is 0 Å². The van der Waals surface area contributed by atoms with Crippen molar-refractivity contribution in [2.24, 2.45) is 12.8 Å². The van der Waals surface area contributed by atoms with Crippen LogP contribution in [0.2, 0.25) is 0 Å². The first-order chi connectivity index (χ1) is 7.09. The standard InChI is InChI=1S/C10H18N4S/c1-13(8-5-10(11)15)7-4-9-3-6-12-14(9)2/h3,6H,4-5,7-8H2,1-2H3,(H2,11,15). The van der Waals surface area contributed by atoms with E-state index in [1.54, 1.807) is 0 Å². The first kappa shape index (κ1) is 12.1. The molecule has 0 saturated carbocycles. The SMILES string of the molecule is CN(CCC(N)=S)CCc1ccnn1C. The summed E-state index contributed by atoms with van der Waals surface area (Å²) in [5, 5.41) is 4.13. The van der Waals surface area contributed by atoms with Crippen molar-refractivity contribution in [2.45, 2.75) is 12.8 Å². The van der Waals surface area contributed by atoms with Crippen LogP contribution in [0.3, 0.4) is 0 Å². The maximum absolute atomic E-state index is 5.45. The molecule has 1 aromatic rings. The molecule has 0 radical (unpaired) electrons. The molecule has 0 unspecified atom stereocenters. The molecule has 0 aliphatic carbocycles. The summed E-state index contributed by atoms with van der Waals surface area (Å²) in [5.74, 6) is 0. The average molecular weight is 226 g/mol. The molecule has 0 aromatic carbocycles. The summed E-state index contributed by atoms with van der Waals surface area (Å²) in [6, 6.07) is 2.04. The molecule has 0 atom stereocenters. The summed E-state index contributed by atoms with van der Waals surface area (Å²) < 4.78 is 1.90. The molecule has 0 saturated heterocycles. The quantitative estimate of drug-likeness (QED) is 0.721. The van der Waals surface area contributed by atoms with Crippen LogP contribution >= 0.6 is 12.2 Å². The summed E-state index contributed by atoms with van der Waals surface area (Å²) in [5.41, 5.74) is 6.69. The van der Waals surface area contributed by atoms with Gasteiger partial charge < -0.3 is 10.6 Å². The lowest BCUT2D eigenvalue weighted by Gasteiger charge is -2.15. The van der Waals surface area contributed by atoms with E-state index >= 15 is 0 Å². The van der Waals surface area contributed by atoms with Crippen molar-refractivity contribution in [3.63, 3.8) is 0 Å². The third kappa shape index (κ3) is 4.40. The topological polar surface area (TPSA) is 47.1 Å². The van der Waals surface area contributed by atoms with E-state index in [-0.39, 0.29) is 0 Å². The summed E-state index contributed by atoms with van der Waals surface area (Å²) >= 11 is 4.84. The molecule has 0 aliphatic rings. The number of hydrogen-bond acceptors (Lipinski definition) is 3. The fourth-order valence-electron chi connectivity index (χ4n) is 1.36. The zero-order chi connectivity index (χ0) is 11.3. The highest BCUT2D eigenvalue weighted by atomic mass is 32.1. The van der Waals surface area contributed by atoms with Gasteiger partial charge in [-0.3, -0.25) is 4.68 Å². The van der Waals surface area contributed by atoms with Gasteiger partial charge in [0.05, 0.1) is 4.99 Å². The van der Waals surface area contributed by atoms with Gasteiger partial charge in [0.25, 0.3) is 0 Å². The van der Waals surface area contributed by atoms with Crippen molar-refractivity contribution in [3.8, 4) is 0 Å². The van der Waals surface area contributed by atoms with Crippen molar-refractivity contribution >= 4 is 17.2 Å². The van der Waals surface area contributed by atoms with E-state index in [0.717, 1.165) is 25.9 Å². The molecule has 1 rings (SSSR count). The molecule has 2 N–H and O–H groups in total. The molecule has 0 spiro atoms. The third-order valence-corrected chi connectivity index (χ3v) is 2.62. The van der Waals surface area contributed by atoms with Crippen LogP contribution < -0.4 is 5.73 Å². The van der Waals surface area contributed by atoms with Gasteiger partial charge in [-0.15, -0.1) is 0 Å². The number of thiocarbonyl (C=S) groups is 1. The molecule has 15 heavy (non-hydrogen) atoms. The van der Waals surface area contributed by atoms with Gasteiger partial charge in [-0.2, -0.15) is 5.10 Å². The normalized spacial score (nSPS) is 10.9. The summed E-state index contributed by atoms with van der Waals surface area (Å²) in [6.45, 7) is 1.93. The summed E-state index contributed by atoms with van der Waals surface area (Å²) in [4.78, 5) is 2.81. The second kappa shape index (κ2) is 5.82. The van der Waals surface area contributed by atoms with E-state index in [9.17, 15) is 0 Å². The predicted molar refractivity (Wildman–Crippen MR) is 65.8 cm³/mol. The molecule has 5 heteroatoms. The minimum Gasteiger partial charge on any atom is -0.393 e. The lowest BCUT2D eigenvalue weighted by molar-refractivity contribution is 0.346. The molecule has 84 valence electrons. The van der Waals surface area contributed by atoms with Gasteiger partial charge in [0, 0.05) is 44.9 Å². The zero-order valence-corrected chi connectivity index (χ0v) is 10.1. The number of aromatic nitrogens is 2. The second-order valence-electron chi connectivity index (χ2n) is 3.72. The number of likely N-dealkylation sites (N-methyl/N-ethyl adjacent to an activating group) is 1. The highest BCUT2D eigenvalue weighted by Gasteiger charge is 2.02. The van der Waals surface area contributed by atoms with Gasteiger partial charge in [0.15, 0.2) is 0 Å². The Kier molecular flexibility index (Phi) is 4.71. The van der Waals surface area contributed by atoms with Crippen molar-refractivity contribution in [2.75, 3.05) is 20.1 Å². The summed E-state index contributed by atoms with van der Waals surface area (Å²) in [6.07, 6.45) is 3.62. The molecule has 1 heterocycles. The largest absolute Gasteiger partial charge is 0.393 e. The average Bonchev–Trinajstić information content (AvgIpc) is 2.58. The van der Waals surface area contributed by atoms with Crippen molar-refractivity contribution in [1.82, 2.24) is 14.7 Å². The molecular weight excluding hydrogens is 208 g/mol. The Morgan fingerprint density at radius 1 is 1.60 bits per heavy atom. The fraction of sp³-hybridized carbons (Fsp3) is 0.600. The van der Waals surface area contributed by atoms with Crippen molar-refractivity contribution in [1.29, 1.82) is 0 Å². The van der Waals surface area contributed by atoms with E-state index in [4.69, 9.17) is 18.0 Å². The van der Waals surface area contributed by atoms with Gasteiger partial charge in [0.2, 0.25) is 0 Å². The maximum Gasteiger partial charge on any atom is 0.0740 e. The molecule has 0 bridgehead atoms. The van der Waals surface area contributed by atoms with Crippen LogP contribution in [-0.4, -0.2) is 39.8 Å². The lowest BCUT2D eigenvalue weighted by Crippen LogP contribution is -2.26. The number of hydrogen-bond donors (Lipinski definition) is 1. The molecule has 0 aliphatic heterocycles. The zero-order valence-electron chi connectivity index (χ0n) is 9.31. The Hall–Kier alpha value is -0.940. The Balaban J connectivity index is 2.25. The van der Waals surface area contributed by atoms with Crippen LogP contribution in [0.15, 0.2) is 12.3 Å². The minimum absolute atomic E-state index is 0.586. The van der Waals surface area contributed by atoms with Crippen molar-refractivity contribution in [3.05, 3.63) is 18.0 Å². The minimum atomic E-state index is 0.586. The maximum atomic E-state index is 5.45. The highest BCUT2D eigenvalue weighted by molar-refractivity contribution is 7.80. The fourth-order valence-corrected chi connectivity index (χ4v) is 1.46. The van der Waals surface area contributed by atoms with Crippen molar-refractivity contribution < 1.29 is 0 Å². The number of aryl methyl sites for hydroxylation is 1. The van der Waals surface area contributed by atoms with Gasteiger partial charge >= 0.3 is 0 Å². The Morgan fingerprint density at radius 2 is 2.33 bits per heavy atom. The molecule has 0 fully saturated rings. The van der Waals surface area contributed by atoms with E-state index in [2.05, 4.69) is 17.0 Å². The molecular formula is C10H18N4S. The van der Waals surface area contributed by atoms with Gasteiger partial charge in [-0.1, -0.05) is 12.2 Å². The van der Waals surface area contributed by atoms with Gasteiger partial charge in [0.1, 0.15) is 0 Å². The Labute approximate surface area is 96.1 Å². The number of nitrogens with zero attached hydrogens (tertiary/aromatic N) is 3. The Bertz CT molecular complexity index is 321. The Morgan fingerprint density at radius 3 is 2.87 bits per heavy atom. The predicted octanol–water partition coefficient (Wildman–Crippen LogP) is 0.571.